The van der Waals surface area contributed by atoms with Crippen LogP contribution in [-0.2, 0) is 21.4 Å². The number of sulfonamides is 1. The van der Waals surface area contributed by atoms with Crippen LogP contribution in [-0.4, -0.2) is 62.4 Å². The summed E-state index contributed by atoms with van der Waals surface area (Å²) >= 11 is 0. The monoisotopic (exact) mass is 500 g/mol. The second-order valence-electron chi connectivity index (χ2n) is 8.34. The van der Waals surface area contributed by atoms with Crippen molar-refractivity contribution in [3.05, 3.63) is 53.9 Å². The molecule has 3 aromatic rings. The van der Waals surface area contributed by atoms with Gasteiger partial charge in [-0.15, -0.1) is 0 Å². The molecule has 0 spiro atoms. The first-order valence-electron chi connectivity index (χ1n) is 11.2. The minimum atomic E-state index is -3.56. The molecule has 2 aromatic carbocycles. The minimum absolute atomic E-state index is 0.149. The van der Waals surface area contributed by atoms with Crippen LogP contribution in [0.5, 0.6) is 11.5 Å². The molecule has 0 atom stereocenters. The van der Waals surface area contributed by atoms with Gasteiger partial charge in [-0.05, 0) is 31.0 Å². The Morgan fingerprint density at radius 3 is 2.57 bits per heavy atom. The van der Waals surface area contributed by atoms with Crippen molar-refractivity contribution in [2.24, 2.45) is 0 Å². The lowest BCUT2D eigenvalue weighted by Gasteiger charge is -2.25. The van der Waals surface area contributed by atoms with Crippen molar-refractivity contribution in [1.82, 2.24) is 15.0 Å². The summed E-state index contributed by atoms with van der Waals surface area (Å²) in [5, 5.41) is 4.02. The van der Waals surface area contributed by atoms with E-state index in [4.69, 9.17) is 14.0 Å². The van der Waals surface area contributed by atoms with E-state index in [1.165, 1.54) is 9.21 Å². The number of fused-ring (bicyclic) bond motifs is 1. The lowest BCUT2D eigenvalue weighted by molar-refractivity contribution is -0.130. The zero-order valence-corrected chi connectivity index (χ0v) is 20.7. The van der Waals surface area contributed by atoms with Crippen molar-refractivity contribution < 1.29 is 27.2 Å². The molecule has 0 unspecified atom stereocenters. The Bertz CT molecular complexity index is 1310. The number of aromatic nitrogens is 2. The maximum atomic E-state index is 12.7. The number of anilines is 1. The molecule has 186 valence electrons. The Balaban J connectivity index is 1.34. The van der Waals surface area contributed by atoms with E-state index in [0.29, 0.717) is 48.5 Å². The standard InChI is InChI=1S/C24H28N4O6S/c1-17-7-4-5-8-19(17)24-25-22(34-26-24)16-27(2)23(29)9-6-12-28(35(3,30)31)18-10-11-20-21(15-18)33-14-13-32-20/h4-5,7-8,10-11,15H,6,9,12-14,16H2,1-3H3. The van der Waals surface area contributed by atoms with Gasteiger partial charge in [0.05, 0.1) is 18.5 Å². The van der Waals surface area contributed by atoms with E-state index >= 15 is 0 Å². The van der Waals surface area contributed by atoms with E-state index in [2.05, 4.69) is 10.1 Å². The fourth-order valence-electron chi connectivity index (χ4n) is 3.78. The van der Waals surface area contributed by atoms with Gasteiger partial charge in [0.1, 0.15) is 13.2 Å². The van der Waals surface area contributed by atoms with Crippen LogP contribution in [0.15, 0.2) is 47.0 Å². The van der Waals surface area contributed by atoms with E-state index in [1.807, 2.05) is 31.2 Å². The molecule has 1 aliphatic rings. The van der Waals surface area contributed by atoms with Crippen LogP contribution >= 0.6 is 0 Å². The van der Waals surface area contributed by atoms with Crippen molar-refractivity contribution in [1.29, 1.82) is 0 Å². The number of nitrogens with zero attached hydrogens (tertiary/aromatic N) is 4. The molecule has 35 heavy (non-hydrogen) atoms. The third kappa shape index (κ3) is 5.91. The highest BCUT2D eigenvalue weighted by Crippen LogP contribution is 2.34. The van der Waals surface area contributed by atoms with Crippen LogP contribution in [0.1, 0.15) is 24.3 Å². The molecule has 10 nitrogen and oxygen atoms in total. The Hall–Kier alpha value is -3.60. The Kier molecular flexibility index (Phi) is 7.25. The van der Waals surface area contributed by atoms with Crippen LogP contribution in [0.4, 0.5) is 5.69 Å². The van der Waals surface area contributed by atoms with E-state index in [9.17, 15) is 13.2 Å². The number of hydrogen-bond acceptors (Lipinski definition) is 8. The zero-order chi connectivity index (χ0) is 25.0. The van der Waals surface area contributed by atoms with Crippen molar-refractivity contribution >= 4 is 21.6 Å². The number of carbonyl (C=O) groups excluding carboxylic acids is 1. The molecule has 1 aliphatic heterocycles. The summed E-state index contributed by atoms with van der Waals surface area (Å²) in [6.45, 7) is 3.13. The Labute approximate surface area is 204 Å². The first-order chi connectivity index (χ1) is 16.7. The molecular weight excluding hydrogens is 472 g/mol. The summed E-state index contributed by atoms with van der Waals surface area (Å²) in [4.78, 5) is 18.6. The first-order valence-corrected chi connectivity index (χ1v) is 13.1. The normalized spacial score (nSPS) is 12.9. The molecule has 1 amide bonds. The van der Waals surface area contributed by atoms with Gasteiger partial charge in [-0.1, -0.05) is 29.4 Å². The topological polar surface area (TPSA) is 115 Å². The molecule has 0 radical (unpaired) electrons. The van der Waals surface area contributed by atoms with E-state index in [1.54, 1.807) is 25.2 Å². The molecule has 11 heteroatoms. The van der Waals surface area contributed by atoms with Crippen molar-refractivity contribution in [3.8, 4) is 22.9 Å². The fourth-order valence-corrected chi connectivity index (χ4v) is 4.74. The minimum Gasteiger partial charge on any atom is -0.486 e. The SMILES string of the molecule is Cc1ccccc1-c1noc(CN(C)C(=O)CCCN(c2ccc3c(c2)OCCO3)S(C)(=O)=O)n1. The summed E-state index contributed by atoms with van der Waals surface area (Å²) in [6, 6.07) is 12.7. The quantitative estimate of drug-likeness (QED) is 0.440. The number of aryl methyl sites for hydroxylation is 1. The average molecular weight is 501 g/mol. The number of benzene rings is 2. The maximum absolute atomic E-state index is 12.7. The van der Waals surface area contributed by atoms with Crippen LogP contribution in [0.25, 0.3) is 11.4 Å². The molecule has 0 aliphatic carbocycles. The molecule has 0 fully saturated rings. The molecule has 4 rings (SSSR count). The molecule has 0 bridgehead atoms. The van der Waals surface area contributed by atoms with Gasteiger partial charge in [0.25, 0.3) is 0 Å². The smallest absolute Gasteiger partial charge is 0.246 e. The van der Waals surface area contributed by atoms with Gasteiger partial charge in [-0.25, -0.2) is 8.42 Å². The first kappa shape index (κ1) is 24.5. The second-order valence-corrected chi connectivity index (χ2v) is 10.2. The molecular formula is C24H28N4O6S. The third-order valence-corrected chi connectivity index (χ3v) is 6.81. The van der Waals surface area contributed by atoms with Gasteiger partial charge in [0.15, 0.2) is 11.5 Å². The highest BCUT2D eigenvalue weighted by atomic mass is 32.2. The van der Waals surface area contributed by atoms with Crippen LogP contribution < -0.4 is 13.8 Å². The van der Waals surface area contributed by atoms with E-state index < -0.39 is 10.0 Å². The van der Waals surface area contributed by atoms with Gasteiger partial charge in [0.2, 0.25) is 27.6 Å². The van der Waals surface area contributed by atoms with Gasteiger partial charge in [-0.2, -0.15) is 4.98 Å². The van der Waals surface area contributed by atoms with Crippen LogP contribution in [0.3, 0.4) is 0 Å². The van der Waals surface area contributed by atoms with Crippen molar-refractivity contribution in [3.63, 3.8) is 0 Å². The number of amides is 1. The van der Waals surface area contributed by atoms with Crippen molar-refractivity contribution in [2.75, 3.05) is 37.4 Å². The summed E-state index contributed by atoms with van der Waals surface area (Å²) < 4.78 is 42.5. The Morgan fingerprint density at radius 2 is 1.83 bits per heavy atom. The number of rotatable bonds is 9. The third-order valence-electron chi connectivity index (χ3n) is 5.62. The maximum Gasteiger partial charge on any atom is 0.246 e. The average Bonchev–Trinajstić information content (AvgIpc) is 3.29. The molecule has 0 saturated heterocycles. The lowest BCUT2D eigenvalue weighted by atomic mass is 10.1. The second kappa shape index (κ2) is 10.3. The Morgan fingerprint density at radius 1 is 1.09 bits per heavy atom. The highest BCUT2D eigenvalue weighted by molar-refractivity contribution is 7.92. The molecule has 2 heterocycles. The van der Waals surface area contributed by atoms with Gasteiger partial charge < -0.3 is 18.9 Å². The van der Waals surface area contributed by atoms with Gasteiger partial charge in [0, 0.05) is 31.6 Å². The number of hydrogen-bond donors (Lipinski definition) is 0. The largest absolute Gasteiger partial charge is 0.486 e. The molecule has 0 N–H and O–H groups in total. The molecule has 0 saturated carbocycles. The van der Waals surface area contributed by atoms with Crippen LogP contribution in [0, 0.1) is 6.92 Å². The van der Waals surface area contributed by atoms with Crippen LogP contribution in [0.2, 0.25) is 0 Å². The van der Waals surface area contributed by atoms with E-state index in [0.717, 1.165) is 17.4 Å². The summed E-state index contributed by atoms with van der Waals surface area (Å²) in [7, 11) is -1.91. The fraction of sp³-hybridized carbons (Fsp3) is 0.375. The summed E-state index contributed by atoms with van der Waals surface area (Å²) in [5.41, 5.74) is 2.36. The molecule has 1 aromatic heterocycles. The van der Waals surface area contributed by atoms with Gasteiger partial charge in [-0.3, -0.25) is 9.10 Å². The summed E-state index contributed by atoms with van der Waals surface area (Å²) in [5.74, 6) is 1.73. The highest BCUT2D eigenvalue weighted by Gasteiger charge is 2.22. The number of carbonyl (C=O) groups is 1. The van der Waals surface area contributed by atoms with E-state index in [-0.39, 0.29) is 25.4 Å². The summed E-state index contributed by atoms with van der Waals surface area (Å²) in [6.07, 6.45) is 1.63. The van der Waals surface area contributed by atoms with Crippen molar-refractivity contribution in [2.45, 2.75) is 26.3 Å². The predicted molar refractivity (Wildman–Crippen MR) is 130 cm³/mol. The zero-order valence-electron chi connectivity index (χ0n) is 19.9. The lowest BCUT2D eigenvalue weighted by Crippen LogP contribution is -2.32. The number of ether oxygens (including phenoxy) is 2. The predicted octanol–water partition coefficient (Wildman–Crippen LogP) is 3.02. The van der Waals surface area contributed by atoms with Gasteiger partial charge >= 0.3 is 0 Å².